The minimum absolute atomic E-state index is 0.199. The van der Waals surface area contributed by atoms with Gasteiger partial charge >= 0.3 is 0 Å². The maximum Gasteiger partial charge on any atom is 0.220 e. The first-order chi connectivity index (χ1) is 25.3. The molecule has 9 heteroatoms. The van der Waals surface area contributed by atoms with E-state index in [1.807, 2.05) is 6.08 Å². The average Bonchev–Trinajstić information content (AvgIpc) is 3.14. The van der Waals surface area contributed by atoms with E-state index in [1.54, 1.807) is 6.08 Å². The summed E-state index contributed by atoms with van der Waals surface area (Å²) in [7, 11) is 0. The van der Waals surface area contributed by atoms with E-state index in [0.717, 1.165) is 51.4 Å². The van der Waals surface area contributed by atoms with Gasteiger partial charge in [0.1, 0.15) is 24.4 Å². The van der Waals surface area contributed by atoms with Gasteiger partial charge in [-0.2, -0.15) is 0 Å². The Bertz CT molecular complexity index is 868. The van der Waals surface area contributed by atoms with Crippen molar-refractivity contribution in [3.05, 3.63) is 24.3 Å². The van der Waals surface area contributed by atoms with Gasteiger partial charge in [-0.05, 0) is 32.1 Å². The second-order valence-electron chi connectivity index (χ2n) is 15.1. The summed E-state index contributed by atoms with van der Waals surface area (Å²) in [5, 5.41) is 53.7. The number of allylic oxidation sites excluding steroid dienone is 3. The summed E-state index contributed by atoms with van der Waals surface area (Å²) in [5.74, 6) is -0.200. The van der Waals surface area contributed by atoms with E-state index in [0.29, 0.717) is 6.42 Å². The third-order valence-corrected chi connectivity index (χ3v) is 10.3. The van der Waals surface area contributed by atoms with E-state index >= 15 is 0 Å². The van der Waals surface area contributed by atoms with Crippen LogP contribution >= 0.6 is 0 Å². The molecule has 0 spiro atoms. The Morgan fingerprint density at radius 3 is 1.62 bits per heavy atom. The number of hydrogen-bond donors (Lipinski definition) is 6. The minimum atomic E-state index is -1.57. The molecule has 1 heterocycles. The fourth-order valence-electron chi connectivity index (χ4n) is 6.76. The van der Waals surface area contributed by atoms with Crippen molar-refractivity contribution < 1.29 is 39.8 Å². The molecule has 9 nitrogen and oxygen atoms in total. The molecule has 0 radical (unpaired) electrons. The summed E-state index contributed by atoms with van der Waals surface area (Å²) >= 11 is 0. The van der Waals surface area contributed by atoms with Crippen molar-refractivity contribution in [1.29, 1.82) is 0 Å². The second-order valence-corrected chi connectivity index (χ2v) is 15.1. The maximum atomic E-state index is 12.7. The first-order valence-electron chi connectivity index (χ1n) is 21.6. The SMILES string of the molecule is CCCCCCCCCCCCCCCCCCCC/C=C/CC/C=C/C(O)C(COC1OC(CO)C(O)C(O)C1O)NC(=O)CCCCCCC. The predicted octanol–water partition coefficient (Wildman–Crippen LogP) is 8.33. The van der Waals surface area contributed by atoms with Gasteiger partial charge < -0.3 is 40.3 Å². The lowest BCUT2D eigenvalue weighted by Crippen LogP contribution is -2.60. The minimum Gasteiger partial charge on any atom is -0.394 e. The molecule has 1 aliphatic rings. The number of hydrogen-bond acceptors (Lipinski definition) is 8. The van der Waals surface area contributed by atoms with Gasteiger partial charge in [0.15, 0.2) is 6.29 Å². The van der Waals surface area contributed by atoms with E-state index < -0.39 is 49.5 Å². The Hall–Kier alpha value is -1.33. The monoisotopic (exact) mass is 740 g/mol. The molecule has 0 aromatic rings. The van der Waals surface area contributed by atoms with Gasteiger partial charge in [-0.15, -0.1) is 0 Å². The molecule has 52 heavy (non-hydrogen) atoms. The molecule has 1 fully saturated rings. The summed E-state index contributed by atoms with van der Waals surface area (Å²) in [6, 6.07) is -0.813. The number of unbranched alkanes of at least 4 members (excludes halogenated alkanes) is 23. The number of nitrogens with one attached hydrogen (secondary N) is 1. The van der Waals surface area contributed by atoms with E-state index in [4.69, 9.17) is 9.47 Å². The van der Waals surface area contributed by atoms with Crippen LogP contribution in [-0.4, -0.2) is 87.5 Å². The van der Waals surface area contributed by atoms with Crippen molar-refractivity contribution in [1.82, 2.24) is 5.32 Å². The topological polar surface area (TPSA) is 149 Å². The number of amides is 1. The normalized spacial score (nSPS) is 22.0. The predicted molar refractivity (Wildman–Crippen MR) is 212 cm³/mol. The fraction of sp³-hybridized carbons (Fsp3) is 0.884. The smallest absolute Gasteiger partial charge is 0.220 e. The largest absolute Gasteiger partial charge is 0.394 e. The summed E-state index contributed by atoms with van der Waals surface area (Å²) in [4.78, 5) is 12.7. The Balaban J connectivity index is 2.23. The maximum absolute atomic E-state index is 12.7. The third kappa shape index (κ3) is 24.9. The zero-order valence-electron chi connectivity index (χ0n) is 33.3. The lowest BCUT2D eigenvalue weighted by molar-refractivity contribution is -0.302. The molecule has 7 unspecified atom stereocenters. The lowest BCUT2D eigenvalue weighted by atomic mass is 9.99. The molecule has 1 rings (SSSR count). The Morgan fingerprint density at radius 2 is 1.10 bits per heavy atom. The van der Waals surface area contributed by atoms with E-state index in [1.165, 1.54) is 116 Å². The van der Waals surface area contributed by atoms with Gasteiger partial charge in [0.05, 0.1) is 25.4 Å². The first-order valence-corrected chi connectivity index (χ1v) is 21.6. The van der Waals surface area contributed by atoms with Crippen molar-refractivity contribution in [2.45, 2.75) is 230 Å². The van der Waals surface area contributed by atoms with Crippen LogP contribution in [-0.2, 0) is 14.3 Å². The standard InChI is InChI=1S/C43H81NO8/c1-3-5-7-9-10-11-12-13-14-15-16-17-18-19-20-21-22-23-24-25-26-27-29-30-32-37(46)36(44-39(47)33-31-28-8-6-4-2)35-51-43-42(50)41(49)40(48)38(34-45)52-43/h25-26,30,32,36-38,40-43,45-46,48-50H,3-24,27-29,31,33-35H2,1-2H3,(H,44,47)/b26-25+,32-30+. The summed E-state index contributed by atoms with van der Waals surface area (Å²) < 4.78 is 11.1. The molecule has 0 aromatic carbocycles. The van der Waals surface area contributed by atoms with Crippen LogP contribution in [0.1, 0.15) is 187 Å². The number of aliphatic hydroxyl groups is 5. The first kappa shape index (κ1) is 48.7. The highest BCUT2D eigenvalue weighted by atomic mass is 16.7. The molecule has 7 atom stereocenters. The highest BCUT2D eigenvalue weighted by molar-refractivity contribution is 5.76. The quantitative estimate of drug-likeness (QED) is 0.0281. The second kappa shape index (κ2) is 34.2. The number of aliphatic hydroxyl groups excluding tert-OH is 5. The Morgan fingerprint density at radius 1 is 0.635 bits per heavy atom. The number of carbonyl (C=O) groups is 1. The molecular weight excluding hydrogens is 658 g/mol. The van der Waals surface area contributed by atoms with Crippen molar-refractivity contribution in [3.63, 3.8) is 0 Å². The van der Waals surface area contributed by atoms with Crippen LogP contribution in [0.4, 0.5) is 0 Å². The number of ether oxygens (including phenoxy) is 2. The molecule has 0 aromatic heterocycles. The molecule has 0 aliphatic carbocycles. The van der Waals surface area contributed by atoms with E-state index in [2.05, 4.69) is 31.3 Å². The van der Waals surface area contributed by atoms with Crippen LogP contribution in [0.25, 0.3) is 0 Å². The molecule has 306 valence electrons. The van der Waals surface area contributed by atoms with Crippen LogP contribution < -0.4 is 5.32 Å². The van der Waals surface area contributed by atoms with Gasteiger partial charge in [0.2, 0.25) is 5.91 Å². The molecule has 1 aliphatic heterocycles. The molecular formula is C43H81NO8. The highest BCUT2D eigenvalue weighted by Crippen LogP contribution is 2.22. The van der Waals surface area contributed by atoms with Crippen molar-refractivity contribution >= 4 is 5.91 Å². The summed E-state index contributed by atoms with van der Waals surface area (Å²) in [5.41, 5.74) is 0. The van der Waals surface area contributed by atoms with Crippen LogP contribution in [0.2, 0.25) is 0 Å². The van der Waals surface area contributed by atoms with Gasteiger partial charge in [-0.3, -0.25) is 4.79 Å². The molecule has 1 saturated heterocycles. The van der Waals surface area contributed by atoms with Crippen molar-refractivity contribution in [3.8, 4) is 0 Å². The van der Waals surface area contributed by atoms with Crippen LogP contribution in [0.5, 0.6) is 0 Å². The van der Waals surface area contributed by atoms with Gasteiger partial charge in [-0.25, -0.2) is 0 Å². The van der Waals surface area contributed by atoms with Crippen molar-refractivity contribution in [2.75, 3.05) is 13.2 Å². The van der Waals surface area contributed by atoms with Crippen LogP contribution in [0.15, 0.2) is 24.3 Å². The van der Waals surface area contributed by atoms with E-state index in [-0.39, 0.29) is 12.5 Å². The highest BCUT2D eigenvalue weighted by Gasteiger charge is 2.44. The Labute approximate surface area is 318 Å². The fourth-order valence-corrected chi connectivity index (χ4v) is 6.76. The van der Waals surface area contributed by atoms with Crippen molar-refractivity contribution in [2.24, 2.45) is 0 Å². The number of carbonyl (C=O) groups excluding carboxylic acids is 1. The van der Waals surface area contributed by atoms with Gasteiger partial charge in [0.25, 0.3) is 0 Å². The van der Waals surface area contributed by atoms with Crippen LogP contribution in [0, 0.1) is 0 Å². The molecule has 6 N–H and O–H groups in total. The zero-order chi connectivity index (χ0) is 38.1. The van der Waals surface area contributed by atoms with Crippen LogP contribution in [0.3, 0.4) is 0 Å². The molecule has 0 saturated carbocycles. The van der Waals surface area contributed by atoms with Gasteiger partial charge in [-0.1, -0.05) is 173 Å². The Kier molecular flexibility index (Phi) is 32.0. The third-order valence-electron chi connectivity index (χ3n) is 10.3. The summed E-state index contributed by atoms with van der Waals surface area (Å²) in [6.45, 7) is 3.65. The zero-order valence-corrected chi connectivity index (χ0v) is 33.3. The molecule has 0 bridgehead atoms. The molecule has 1 amide bonds. The van der Waals surface area contributed by atoms with E-state index in [9.17, 15) is 30.3 Å². The lowest BCUT2D eigenvalue weighted by Gasteiger charge is -2.40. The average molecular weight is 740 g/mol. The van der Waals surface area contributed by atoms with Gasteiger partial charge in [0, 0.05) is 6.42 Å². The number of rotatable bonds is 35. The summed E-state index contributed by atoms with van der Waals surface area (Å²) in [6.07, 6.45) is 32.9.